The highest BCUT2D eigenvalue weighted by Gasteiger charge is 2.42. The summed E-state index contributed by atoms with van der Waals surface area (Å²) in [6, 6.07) is 8.69. The van der Waals surface area contributed by atoms with Crippen molar-refractivity contribution in [2.75, 3.05) is 6.54 Å². The van der Waals surface area contributed by atoms with Crippen molar-refractivity contribution in [3.63, 3.8) is 0 Å². The number of halogens is 2. The average molecular weight is 523 g/mol. The molecule has 2 aliphatic heterocycles. The minimum Gasteiger partial charge on any atom is -0.349 e. The van der Waals surface area contributed by atoms with Gasteiger partial charge in [-0.2, -0.15) is 0 Å². The van der Waals surface area contributed by atoms with Gasteiger partial charge in [-0.1, -0.05) is 44.0 Å². The van der Waals surface area contributed by atoms with E-state index in [2.05, 4.69) is 20.4 Å². The lowest BCUT2D eigenvalue weighted by molar-refractivity contribution is -0.130. The summed E-state index contributed by atoms with van der Waals surface area (Å²) in [4.78, 5) is 15.5. The standard InChI is InChI=1S/C29H41F2N5O/c1-19(2)27-34-33-20(3)36(27)25-17-23-9-10-24(18-25)35(23)16-13-26(21-7-5-4-6-8-21)32-28(37)22-11-14-29(30,31)15-12-22/h4-8,19,22-26H,9-18H2,1-3H3,(H,32,37)/i1D3,2D3,3D3. The summed E-state index contributed by atoms with van der Waals surface area (Å²) in [6.45, 7) is -8.04. The van der Waals surface area contributed by atoms with Gasteiger partial charge in [-0.15, -0.1) is 10.2 Å². The van der Waals surface area contributed by atoms with E-state index in [9.17, 15) is 13.6 Å². The zero-order valence-corrected chi connectivity index (χ0v) is 20.9. The van der Waals surface area contributed by atoms with E-state index >= 15 is 0 Å². The second-order valence-electron chi connectivity index (χ2n) is 10.8. The number of piperidine rings is 1. The molecule has 1 N–H and O–H groups in total. The SMILES string of the molecule is [2H]C([2H])([2H])c1nnc(C(C([2H])([2H])[2H])C([2H])([2H])[2H])n1C1CC2CCC(C1)N2CCC(NC(=O)C1CCC(F)(F)CC1)c1ccccc1. The normalized spacial score (nSPS) is 31.5. The molecule has 3 heterocycles. The second kappa shape index (κ2) is 10.8. The molecule has 202 valence electrons. The highest BCUT2D eigenvalue weighted by Crippen LogP contribution is 2.42. The van der Waals surface area contributed by atoms with E-state index in [0.717, 1.165) is 18.4 Å². The van der Waals surface area contributed by atoms with Crippen molar-refractivity contribution in [1.29, 1.82) is 0 Å². The van der Waals surface area contributed by atoms with Crippen LogP contribution in [0, 0.1) is 12.8 Å². The molecule has 5 rings (SSSR count). The summed E-state index contributed by atoms with van der Waals surface area (Å²) in [6.07, 6.45) is 2.82. The first-order valence-corrected chi connectivity index (χ1v) is 13.3. The van der Waals surface area contributed by atoms with Gasteiger partial charge in [0.15, 0.2) is 0 Å². The van der Waals surface area contributed by atoms with Crippen LogP contribution in [0.2, 0.25) is 0 Å². The van der Waals surface area contributed by atoms with Crippen molar-refractivity contribution < 1.29 is 25.9 Å². The predicted octanol–water partition coefficient (Wildman–Crippen LogP) is 5.95. The second-order valence-corrected chi connectivity index (χ2v) is 10.8. The monoisotopic (exact) mass is 522 g/mol. The van der Waals surface area contributed by atoms with E-state index in [1.165, 1.54) is 4.57 Å². The molecule has 1 saturated carbocycles. The van der Waals surface area contributed by atoms with Crippen molar-refractivity contribution in [2.45, 2.75) is 114 Å². The van der Waals surface area contributed by atoms with Gasteiger partial charge in [-0.3, -0.25) is 9.69 Å². The Morgan fingerprint density at radius 2 is 1.78 bits per heavy atom. The van der Waals surface area contributed by atoms with Crippen LogP contribution in [-0.4, -0.2) is 50.1 Å². The van der Waals surface area contributed by atoms with Crippen LogP contribution >= 0.6 is 0 Å². The molecular formula is C29H41F2N5O. The lowest BCUT2D eigenvalue weighted by Gasteiger charge is -2.40. The molecule has 2 aromatic rings. The molecule has 1 aromatic carbocycles. The largest absolute Gasteiger partial charge is 0.349 e. The van der Waals surface area contributed by atoms with Crippen molar-refractivity contribution in [3.8, 4) is 0 Å². The molecule has 2 bridgehead atoms. The lowest BCUT2D eigenvalue weighted by atomic mass is 9.86. The number of aryl methyl sites for hydroxylation is 1. The van der Waals surface area contributed by atoms with Gasteiger partial charge in [0.2, 0.25) is 11.8 Å². The Bertz CT molecular complexity index is 1330. The lowest BCUT2D eigenvalue weighted by Crippen LogP contribution is -2.45. The van der Waals surface area contributed by atoms with Crippen LogP contribution in [-0.2, 0) is 4.79 Å². The first-order chi connectivity index (χ1) is 21.3. The molecule has 6 nitrogen and oxygen atoms in total. The number of amides is 1. The average Bonchev–Trinajstić information content (AvgIpc) is 3.47. The molecule has 2 saturated heterocycles. The zero-order valence-electron chi connectivity index (χ0n) is 29.9. The molecule has 3 atom stereocenters. The summed E-state index contributed by atoms with van der Waals surface area (Å²) in [7, 11) is 0. The van der Waals surface area contributed by atoms with Gasteiger partial charge in [-0.25, -0.2) is 8.78 Å². The van der Waals surface area contributed by atoms with Gasteiger partial charge in [0.1, 0.15) is 11.6 Å². The molecule has 3 fully saturated rings. The minimum atomic E-state index is -2.96. The van der Waals surface area contributed by atoms with Crippen LogP contribution in [0.4, 0.5) is 8.78 Å². The Labute approximate surface area is 231 Å². The quantitative estimate of drug-likeness (QED) is 0.465. The van der Waals surface area contributed by atoms with E-state index in [-0.39, 0.29) is 55.5 Å². The van der Waals surface area contributed by atoms with Gasteiger partial charge < -0.3 is 9.88 Å². The third-order valence-corrected chi connectivity index (χ3v) is 8.49. The maximum atomic E-state index is 13.7. The number of alkyl halides is 2. The number of fused-ring (bicyclic) bond motifs is 2. The third kappa shape index (κ3) is 5.74. The number of carbonyl (C=O) groups is 1. The molecule has 0 radical (unpaired) electrons. The molecule has 3 unspecified atom stereocenters. The summed E-state index contributed by atoms with van der Waals surface area (Å²) in [5, 5.41) is 10.8. The van der Waals surface area contributed by atoms with E-state index in [4.69, 9.17) is 12.3 Å². The predicted molar refractivity (Wildman–Crippen MR) is 139 cm³/mol. The molecule has 1 amide bonds. The maximum absolute atomic E-state index is 13.7. The smallest absolute Gasteiger partial charge is 0.248 e. The van der Waals surface area contributed by atoms with Crippen LogP contribution < -0.4 is 5.32 Å². The Balaban J connectivity index is 1.34. The minimum absolute atomic E-state index is 0.00938. The third-order valence-electron chi connectivity index (χ3n) is 8.49. The Morgan fingerprint density at radius 1 is 1.08 bits per heavy atom. The maximum Gasteiger partial charge on any atom is 0.248 e. The van der Waals surface area contributed by atoms with Gasteiger partial charge in [0.25, 0.3) is 0 Å². The van der Waals surface area contributed by atoms with E-state index < -0.39 is 50.2 Å². The highest BCUT2D eigenvalue weighted by molar-refractivity contribution is 5.79. The molecule has 1 aromatic heterocycles. The number of rotatable bonds is 8. The Morgan fingerprint density at radius 3 is 2.43 bits per heavy atom. The first-order valence-electron chi connectivity index (χ1n) is 17.8. The fraction of sp³-hybridized carbons (Fsp3) is 0.690. The zero-order chi connectivity index (χ0) is 33.7. The van der Waals surface area contributed by atoms with Crippen LogP contribution in [0.25, 0.3) is 0 Å². The van der Waals surface area contributed by atoms with Crippen molar-refractivity contribution in [1.82, 2.24) is 25.0 Å². The molecule has 8 heteroatoms. The molecule has 37 heavy (non-hydrogen) atoms. The van der Waals surface area contributed by atoms with E-state index in [1.54, 1.807) is 0 Å². The van der Waals surface area contributed by atoms with Crippen molar-refractivity contribution in [2.24, 2.45) is 5.92 Å². The van der Waals surface area contributed by atoms with E-state index in [1.807, 2.05) is 30.3 Å². The summed E-state index contributed by atoms with van der Waals surface area (Å²) in [5.74, 6) is -6.16. The number of aromatic nitrogens is 3. The Kier molecular flexibility index (Phi) is 5.04. The van der Waals surface area contributed by atoms with Gasteiger partial charge in [-0.05, 0) is 57.4 Å². The summed E-state index contributed by atoms with van der Waals surface area (Å²) in [5.41, 5.74) is 0.913. The number of hydrogen-bond acceptors (Lipinski definition) is 4. The van der Waals surface area contributed by atoms with Gasteiger partial charge in [0, 0.05) is 61.7 Å². The first kappa shape index (κ1) is 17.3. The van der Waals surface area contributed by atoms with Crippen LogP contribution in [0.3, 0.4) is 0 Å². The fourth-order valence-electron chi connectivity index (χ4n) is 6.56. The number of benzene rings is 1. The number of nitrogens with zero attached hydrogens (tertiary/aromatic N) is 4. The molecule has 1 aliphatic carbocycles. The van der Waals surface area contributed by atoms with Crippen molar-refractivity contribution in [3.05, 3.63) is 47.5 Å². The van der Waals surface area contributed by atoms with Gasteiger partial charge >= 0.3 is 0 Å². The van der Waals surface area contributed by atoms with Crippen LogP contribution in [0.15, 0.2) is 30.3 Å². The van der Waals surface area contributed by atoms with Crippen LogP contribution in [0.1, 0.15) is 119 Å². The molecular weight excluding hydrogens is 472 g/mol. The molecule has 0 spiro atoms. The highest BCUT2D eigenvalue weighted by atomic mass is 19.3. The fourth-order valence-corrected chi connectivity index (χ4v) is 6.56. The van der Waals surface area contributed by atoms with E-state index in [0.29, 0.717) is 25.8 Å². The summed E-state index contributed by atoms with van der Waals surface area (Å²) < 4.78 is 101. The van der Waals surface area contributed by atoms with Crippen LogP contribution in [0.5, 0.6) is 0 Å². The van der Waals surface area contributed by atoms with Crippen molar-refractivity contribution >= 4 is 5.91 Å². The number of hydrogen-bond donors (Lipinski definition) is 1. The number of nitrogens with one attached hydrogen (secondary N) is 1. The van der Waals surface area contributed by atoms with Gasteiger partial charge in [0.05, 0.1) is 6.04 Å². The number of carbonyl (C=O) groups excluding carboxylic acids is 1. The summed E-state index contributed by atoms with van der Waals surface area (Å²) >= 11 is 0. The molecule has 3 aliphatic rings. The Hall–Kier alpha value is -2.35. The topological polar surface area (TPSA) is 63.1 Å².